The monoisotopic (exact) mass is 236 g/mol. The van der Waals surface area contributed by atoms with Gasteiger partial charge in [-0.3, -0.25) is 4.79 Å². The Hall–Kier alpha value is -2.04. The summed E-state index contributed by atoms with van der Waals surface area (Å²) in [7, 11) is 1.57. The van der Waals surface area contributed by atoms with E-state index >= 15 is 0 Å². The van der Waals surface area contributed by atoms with Crippen LogP contribution in [0.25, 0.3) is 0 Å². The highest BCUT2D eigenvalue weighted by Gasteiger charge is 2.09. The number of hydrogen-bond donors (Lipinski definition) is 2. The van der Waals surface area contributed by atoms with Crippen LogP contribution < -0.4 is 5.32 Å². The minimum atomic E-state index is -0.910. The van der Waals surface area contributed by atoms with Crippen LogP contribution in [-0.4, -0.2) is 35.6 Å². The van der Waals surface area contributed by atoms with Gasteiger partial charge in [-0.2, -0.15) is 0 Å². The van der Waals surface area contributed by atoms with Gasteiger partial charge in [0.05, 0.1) is 6.42 Å². The molecule has 0 aliphatic rings. The summed E-state index contributed by atoms with van der Waals surface area (Å²) in [5, 5.41) is 11.2. The van der Waals surface area contributed by atoms with Gasteiger partial charge in [0.25, 0.3) is 0 Å². The second kappa shape index (κ2) is 6.52. The quantitative estimate of drug-likeness (QED) is 0.809. The molecule has 0 saturated heterocycles. The number of carboxylic acids is 1. The van der Waals surface area contributed by atoms with Crippen molar-refractivity contribution in [2.45, 2.75) is 13.0 Å². The number of nitrogens with zero attached hydrogens (tertiary/aromatic N) is 1. The molecular formula is C12H16N2O3. The van der Waals surface area contributed by atoms with E-state index in [9.17, 15) is 9.59 Å². The summed E-state index contributed by atoms with van der Waals surface area (Å²) in [5.41, 5.74) is 1.01. The van der Waals surface area contributed by atoms with E-state index in [1.54, 1.807) is 7.05 Å². The van der Waals surface area contributed by atoms with E-state index in [2.05, 4.69) is 5.32 Å². The minimum absolute atomic E-state index is 0.0464. The lowest BCUT2D eigenvalue weighted by Crippen LogP contribution is -2.37. The van der Waals surface area contributed by atoms with Gasteiger partial charge >= 0.3 is 12.0 Å². The van der Waals surface area contributed by atoms with Crippen molar-refractivity contribution >= 4 is 12.0 Å². The average Bonchev–Trinajstić information content (AvgIpc) is 2.34. The molecule has 0 aromatic heterocycles. The molecule has 2 N–H and O–H groups in total. The molecule has 0 aliphatic heterocycles. The molecule has 0 spiro atoms. The molecule has 17 heavy (non-hydrogen) atoms. The van der Waals surface area contributed by atoms with Gasteiger partial charge in [0.1, 0.15) is 0 Å². The van der Waals surface area contributed by atoms with Gasteiger partial charge < -0.3 is 15.3 Å². The Bertz CT molecular complexity index is 379. The van der Waals surface area contributed by atoms with Crippen LogP contribution in [0, 0.1) is 0 Å². The lowest BCUT2D eigenvalue weighted by atomic mass is 10.2. The predicted molar refractivity (Wildman–Crippen MR) is 63.6 cm³/mol. The number of aliphatic carboxylic acids is 1. The Kier molecular flexibility index (Phi) is 5.00. The first kappa shape index (κ1) is 13.0. The molecule has 5 nitrogen and oxygen atoms in total. The SMILES string of the molecule is CN(CCC(=O)O)C(=O)NCc1ccccc1. The Morgan fingerprint density at radius 3 is 2.53 bits per heavy atom. The van der Waals surface area contributed by atoms with Crippen molar-refractivity contribution in [3.63, 3.8) is 0 Å². The van der Waals surface area contributed by atoms with Crippen molar-refractivity contribution in [1.29, 1.82) is 0 Å². The zero-order valence-electron chi connectivity index (χ0n) is 9.72. The number of urea groups is 1. The maximum Gasteiger partial charge on any atom is 0.317 e. The molecule has 1 rings (SSSR count). The normalized spacial score (nSPS) is 9.71. The Balaban J connectivity index is 2.32. The highest BCUT2D eigenvalue weighted by molar-refractivity contribution is 5.74. The Labute approximate surface area is 100 Å². The number of carbonyl (C=O) groups is 2. The lowest BCUT2D eigenvalue weighted by molar-refractivity contribution is -0.137. The van der Waals surface area contributed by atoms with Crippen molar-refractivity contribution in [2.24, 2.45) is 0 Å². The van der Waals surface area contributed by atoms with Crippen LogP contribution in [0.4, 0.5) is 4.79 Å². The smallest absolute Gasteiger partial charge is 0.317 e. The molecule has 5 heteroatoms. The van der Waals surface area contributed by atoms with Gasteiger partial charge in [0.15, 0.2) is 0 Å². The lowest BCUT2D eigenvalue weighted by Gasteiger charge is -2.16. The number of benzene rings is 1. The highest BCUT2D eigenvalue weighted by Crippen LogP contribution is 1.98. The van der Waals surface area contributed by atoms with Crippen LogP contribution in [0.2, 0.25) is 0 Å². The predicted octanol–water partition coefficient (Wildman–Crippen LogP) is 1.30. The summed E-state index contributed by atoms with van der Waals surface area (Å²) in [5.74, 6) is -0.910. The molecule has 0 fully saturated rings. The van der Waals surface area contributed by atoms with E-state index < -0.39 is 5.97 Å². The number of nitrogens with one attached hydrogen (secondary N) is 1. The molecule has 0 heterocycles. The second-order valence-electron chi connectivity index (χ2n) is 3.71. The van der Waals surface area contributed by atoms with Crippen LogP contribution in [0.5, 0.6) is 0 Å². The summed E-state index contributed by atoms with van der Waals surface area (Å²) in [4.78, 5) is 23.3. The molecular weight excluding hydrogens is 220 g/mol. The Morgan fingerprint density at radius 1 is 1.29 bits per heavy atom. The van der Waals surface area contributed by atoms with Gasteiger partial charge in [-0.05, 0) is 5.56 Å². The topological polar surface area (TPSA) is 69.6 Å². The van der Waals surface area contributed by atoms with Crippen LogP contribution in [-0.2, 0) is 11.3 Å². The van der Waals surface area contributed by atoms with Crippen molar-refractivity contribution in [2.75, 3.05) is 13.6 Å². The van der Waals surface area contributed by atoms with Crippen molar-refractivity contribution in [3.8, 4) is 0 Å². The molecule has 0 bridgehead atoms. The molecule has 1 aromatic rings. The minimum Gasteiger partial charge on any atom is -0.481 e. The molecule has 2 amide bonds. The molecule has 0 unspecified atom stereocenters. The third-order valence-corrected chi connectivity index (χ3v) is 2.29. The van der Waals surface area contributed by atoms with Crippen LogP contribution in [0.15, 0.2) is 30.3 Å². The zero-order valence-corrected chi connectivity index (χ0v) is 9.72. The summed E-state index contributed by atoms with van der Waals surface area (Å²) in [6.07, 6.45) is -0.0464. The Morgan fingerprint density at radius 2 is 1.94 bits per heavy atom. The largest absolute Gasteiger partial charge is 0.481 e. The van der Waals surface area contributed by atoms with Crippen molar-refractivity contribution in [3.05, 3.63) is 35.9 Å². The van der Waals surface area contributed by atoms with Crippen LogP contribution in [0.3, 0.4) is 0 Å². The third-order valence-electron chi connectivity index (χ3n) is 2.29. The standard InChI is InChI=1S/C12H16N2O3/c1-14(8-7-11(15)16)12(17)13-9-10-5-3-2-4-6-10/h2-6H,7-9H2,1H3,(H,13,17)(H,15,16). The van der Waals surface area contributed by atoms with Gasteiger partial charge in [0.2, 0.25) is 0 Å². The van der Waals surface area contributed by atoms with Crippen molar-refractivity contribution in [1.82, 2.24) is 10.2 Å². The highest BCUT2D eigenvalue weighted by atomic mass is 16.4. The molecule has 0 radical (unpaired) electrons. The maximum atomic E-state index is 11.6. The fraction of sp³-hybridized carbons (Fsp3) is 0.333. The van der Waals surface area contributed by atoms with Gasteiger partial charge in [0, 0.05) is 20.1 Å². The maximum absolute atomic E-state index is 11.6. The van der Waals surface area contributed by atoms with Gasteiger partial charge in [-0.15, -0.1) is 0 Å². The fourth-order valence-corrected chi connectivity index (χ4v) is 1.27. The number of carbonyl (C=O) groups excluding carboxylic acids is 1. The van der Waals surface area contributed by atoms with Crippen LogP contribution >= 0.6 is 0 Å². The molecule has 0 aliphatic carbocycles. The summed E-state index contributed by atoms with van der Waals surface area (Å²) in [6, 6.07) is 9.26. The van der Waals surface area contributed by atoms with Gasteiger partial charge in [-0.1, -0.05) is 30.3 Å². The first-order chi connectivity index (χ1) is 8.09. The van der Waals surface area contributed by atoms with E-state index in [-0.39, 0.29) is 19.0 Å². The summed E-state index contributed by atoms with van der Waals surface area (Å²) < 4.78 is 0. The van der Waals surface area contributed by atoms with Gasteiger partial charge in [-0.25, -0.2) is 4.79 Å². The van der Waals surface area contributed by atoms with E-state index in [1.165, 1.54) is 4.90 Å². The number of carboxylic acid groups (broad SMARTS) is 1. The molecule has 0 atom stereocenters. The number of amides is 2. The molecule has 92 valence electrons. The van der Waals surface area contributed by atoms with E-state index in [1.807, 2.05) is 30.3 Å². The number of hydrogen-bond acceptors (Lipinski definition) is 2. The summed E-state index contributed by atoms with van der Waals surface area (Å²) >= 11 is 0. The summed E-state index contributed by atoms with van der Waals surface area (Å²) in [6.45, 7) is 0.646. The first-order valence-electron chi connectivity index (χ1n) is 5.34. The van der Waals surface area contributed by atoms with E-state index in [0.29, 0.717) is 6.54 Å². The third kappa shape index (κ3) is 5.01. The zero-order chi connectivity index (χ0) is 12.7. The van der Waals surface area contributed by atoms with E-state index in [0.717, 1.165) is 5.56 Å². The average molecular weight is 236 g/mol. The van der Waals surface area contributed by atoms with Crippen LogP contribution in [0.1, 0.15) is 12.0 Å². The van der Waals surface area contributed by atoms with Crippen molar-refractivity contribution < 1.29 is 14.7 Å². The number of rotatable bonds is 5. The molecule has 0 saturated carbocycles. The fourth-order valence-electron chi connectivity index (χ4n) is 1.27. The van der Waals surface area contributed by atoms with E-state index in [4.69, 9.17) is 5.11 Å². The first-order valence-corrected chi connectivity index (χ1v) is 5.34. The molecule has 1 aromatic carbocycles. The second-order valence-corrected chi connectivity index (χ2v) is 3.71.